The van der Waals surface area contributed by atoms with E-state index in [1.807, 2.05) is 18.2 Å². The van der Waals surface area contributed by atoms with Crippen molar-refractivity contribution in [2.24, 2.45) is 0 Å². The lowest BCUT2D eigenvalue weighted by atomic mass is 10.2. The second kappa shape index (κ2) is 7.41. The van der Waals surface area contributed by atoms with Crippen LogP contribution >= 0.6 is 11.3 Å². The van der Waals surface area contributed by atoms with Crippen molar-refractivity contribution in [2.75, 3.05) is 5.73 Å². The highest BCUT2D eigenvalue weighted by Crippen LogP contribution is 2.24. The summed E-state index contributed by atoms with van der Waals surface area (Å²) in [5.41, 5.74) is 7.32. The van der Waals surface area contributed by atoms with Crippen molar-refractivity contribution in [1.82, 2.24) is 4.98 Å². The molecule has 7 nitrogen and oxygen atoms in total. The number of nitrogens with two attached hydrogens (primary N) is 1. The summed E-state index contributed by atoms with van der Waals surface area (Å²) in [5.74, 6) is -2.15. The zero-order valence-corrected chi connectivity index (χ0v) is 11.3. The van der Waals surface area contributed by atoms with Crippen LogP contribution in [0.1, 0.15) is 18.4 Å². The molecule has 0 saturated carbocycles. The number of carboxylic acids is 2. The SMILES string of the molecule is Nc1nc2ccc(CO)cc2s1.O=C(O)CCC(=O)O. The number of hydrogen-bond acceptors (Lipinski definition) is 6. The summed E-state index contributed by atoms with van der Waals surface area (Å²) in [4.78, 5) is 23.4. The fourth-order valence-corrected chi connectivity index (χ4v) is 2.10. The zero-order chi connectivity index (χ0) is 15.1. The van der Waals surface area contributed by atoms with Crippen LogP contribution in [-0.2, 0) is 16.2 Å². The largest absolute Gasteiger partial charge is 0.481 e. The van der Waals surface area contributed by atoms with Crippen LogP contribution in [0.3, 0.4) is 0 Å². The fraction of sp³-hybridized carbons (Fsp3) is 0.250. The Balaban J connectivity index is 0.000000221. The molecular weight excluding hydrogens is 284 g/mol. The maximum absolute atomic E-state index is 9.64. The third-order valence-corrected chi connectivity index (χ3v) is 3.05. The van der Waals surface area contributed by atoms with Gasteiger partial charge in [0, 0.05) is 0 Å². The highest BCUT2D eigenvalue weighted by atomic mass is 32.1. The number of carboxylic acid groups (broad SMARTS) is 2. The summed E-state index contributed by atoms with van der Waals surface area (Å²) in [6.07, 6.45) is -0.593. The van der Waals surface area contributed by atoms with Crippen molar-refractivity contribution in [3.8, 4) is 0 Å². The van der Waals surface area contributed by atoms with Crippen LogP contribution < -0.4 is 5.73 Å². The zero-order valence-electron chi connectivity index (χ0n) is 10.4. The summed E-state index contributed by atoms with van der Waals surface area (Å²) < 4.78 is 1.03. The minimum atomic E-state index is -1.08. The Morgan fingerprint density at radius 1 is 1.20 bits per heavy atom. The van der Waals surface area contributed by atoms with E-state index >= 15 is 0 Å². The number of aliphatic carboxylic acids is 2. The van der Waals surface area contributed by atoms with E-state index in [2.05, 4.69) is 4.98 Å². The van der Waals surface area contributed by atoms with E-state index in [0.717, 1.165) is 15.8 Å². The van der Waals surface area contributed by atoms with Gasteiger partial charge in [-0.25, -0.2) is 4.98 Å². The molecule has 2 rings (SSSR count). The molecule has 5 N–H and O–H groups in total. The summed E-state index contributed by atoms with van der Waals surface area (Å²) in [5, 5.41) is 25.2. The van der Waals surface area contributed by atoms with Crippen molar-refractivity contribution in [1.29, 1.82) is 0 Å². The minimum absolute atomic E-state index is 0.0632. The van der Waals surface area contributed by atoms with Crippen LogP contribution in [0.2, 0.25) is 0 Å². The Bertz CT molecular complexity index is 597. The van der Waals surface area contributed by atoms with Crippen molar-refractivity contribution in [3.63, 3.8) is 0 Å². The lowest BCUT2D eigenvalue weighted by Gasteiger charge is -1.92. The smallest absolute Gasteiger partial charge is 0.303 e. The Hall–Kier alpha value is -2.19. The molecule has 1 heterocycles. The number of nitrogens with zero attached hydrogens (tertiary/aromatic N) is 1. The van der Waals surface area contributed by atoms with Gasteiger partial charge in [-0.1, -0.05) is 17.4 Å². The highest BCUT2D eigenvalue weighted by Gasteiger charge is 2.01. The van der Waals surface area contributed by atoms with Gasteiger partial charge in [-0.05, 0) is 17.7 Å². The molecule has 0 amide bonds. The molecule has 0 fully saturated rings. The molecule has 1 aromatic carbocycles. The molecule has 0 spiro atoms. The molecule has 0 unspecified atom stereocenters. The number of nitrogen functional groups attached to an aromatic ring is 1. The monoisotopic (exact) mass is 298 g/mol. The van der Waals surface area contributed by atoms with Gasteiger partial charge in [0.2, 0.25) is 0 Å². The number of rotatable bonds is 4. The van der Waals surface area contributed by atoms with Crippen molar-refractivity contribution >= 4 is 38.6 Å². The first-order valence-electron chi connectivity index (χ1n) is 5.61. The molecular formula is C12H14N2O5S. The number of thiazole rings is 1. The van der Waals surface area contributed by atoms with E-state index in [4.69, 9.17) is 21.1 Å². The van der Waals surface area contributed by atoms with Gasteiger partial charge in [-0.2, -0.15) is 0 Å². The first-order valence-corrected chi connectivity index (χ1v) is 6.43. The third kappa shape index (κ3) is 5.21. The molecule has 0 aliphatic carbocycles. The van der Waals surface area contributed by atoms with Gasteiger partial charge >= 0.3 is 11.9 Å². The van der Waals surface area contributed by atoms with E-state index in [-0.39, 0.29) is 19.4 Å². The second-order valence-electron chi connectivity index (χ2n) is 3.80. The summed E-state index contributed by atoms with van der Waals surface area (Å²) in [6, 6.07) is 5.62. The number of benzene rings is 1. The molecule has 0 aliphatic heterocycles. The second-order valence-corrected chi connectivity index (χ2v) is 4.86. The molecule has 0 saturated heterocycles. The minimum Gasteiger partial charge on any atom is -0.481 e. The molecule has 8 heteroatoms. The van der Waals surface area contributed by atoms with Gasteiger partial charge in [-0.3, -0.25) is 9.59 Å². The summed E-state index contributed by atoms with van der Waals surface area (Å²) >= 11 is 1.44. The standard InChI is InChI=1S/C8H8N2OS.C4H6O4/c9-8-10-6-2-1-5(4-11)3-7(6)12-8;5-3(6)1-2-4(7)8/h1-3,11H,4H2,(H2,9,10);1-2H2,(H,5,6)(H,7,8). The molecule has 108 valence electrons. The highest BCUT2D eigenvalue weighted by molar-refractivity contribution is 7.22. The Morgan fingerprint density at radius 2 is 1.80 bits per heavy atom. The molecule has 0 bridgehead atoms. The maximum atomic E-state index is 9.64. The molecule has 2 aromatic rings. The predicted octanol–water partition coefficient (Wildman–Crippen LogP) is 1.31. The maximum Gasteiger partial charge on any atom is 0.303 e. The number of aromatic nitrogens is 1. The van der Waals surface area contributed by atoms with Crippen LogP contribution in [0.25, 0.3) is 10.2 Å². The van der Waals surface area contributed by atoms with E-state index in [1.165, 1.54) is 11.3 Å². The van der Waals surface area contributed by atoms with E-state index in [0.29, 0.717) is 5.13 Å². The quantitative estimate of drug-likeness (QED) is 0.668. The first-order chi connectivity index (χ1) is 9.42. The fourth-order valence-electron chi connectivity index (χ4n) is 1.30. The predicted molar refractivity (Wildman–Crippen MR) is 74.5 cm³/mol. The van der Waals surface area contributed by atoms with Gasteiger partial charge in [0.25, 0.3) is 0 Å². The van der Waals surface area contributed by atoms with E-state index in [9.17, 15) is 9.59 Å². The van der Waals surface area contributed by atoms with Crippen LogP contribution in [0.15, 0.2) is 18.2 Å². The molecule has 0 atom stereocenters. The normalized spacial score (nSPS) is 9.85. The van der Waals surface area contributed by atoms with Gasteiger partial charge < -0.3 is 21.1 Å². The van der Waals surface area contributed by atoms with Gasteiger partial charge in [-0.15, -0.1) is 0 Å². The molecule has 0 radical (unpaired) electrons. The van der Waals surface area contributed by atoms with Gasteiger partial charge in [0.15, 0.2) is 5.13 Å². The van der Waals surface area contributed by atoms with E-state index in [1.54, 1.807) is 0 Å². The topological polar surface area (TPSA) is 134 Å². The van der Waals surface area contributed by atoms with Crippen molar-refractivity contribution in [2.45, 2.75) is 19.4 Å². The van der Waals surface area contributed by atoms with Crippen LogP contribution in [-0.4, -0.2) is 32.2 Å². The number of aliphatic hydroxyl groups excluding tert-OH is 1. The summed E-state index contributed by atoms with van der Waals surface area (Å²) in [7, 11) is 0. The lowest BCUT2D eigenvalue weighted by molar-refractivity contribution is -0.143. The number of hydrogen-bond donors (Lipinski definition) is 4. The number of anilines is 1. The van der Waals surface area contributed by atoms with Crippen LogP contribution in [0, 0.1) is 0 Å². The van der Waals surface area contributed by atoms with Crippen molar-refractivity contribution in [3.05, 3.63) is 23.8 Å². The number of carbonyl (C=O) groups is 2. The molecule has 0 aliphatic rings. The first kappa shape index (κ1) is 15.9. The van der Waals surface area contributed by atoms with Crippen LogP contribution in [0.5, 0.6) is 0 Å². The molecule has 20 heavy (non-hydrogen) atoms. The molecule has 1 aromatic heterocycles. The van der Waals surface area contributed by atoms with Crippen molar-refractivity contribution < 1.29 is 24.9 Å². The number of aliphatic hydroxyl groups is 1. The van der Waals surface area contributed by atoms with Crippen LogP contribution in [0.4, 0.5) is 5.13 Å². The van der Waals surface area contributed by atoms with Gasteiger partial charge in [0.05, 0.1) is 29.7 Å². The Kier molecular flexibility index (Phi) is 5.88. The number of fused-ring (bicyclic) bond motifs is 1. The Morgan fingerprint density at radius 3 is 2.30 bits per heavy atom. The lowest BCUT2D eigenvalue weighted by Crippen LogP contribution is -2.00. The average molecular weight is 298 g/mol. The average Bonchev–Trinajstić information content (AvgIpc) is 2.76. The van der Waals surface area contributed by atoms with E-state index < -0.39 is 11.9 Å². The van der Waals surface area contributed by atoms with Gasteiger partial charge in [0.1, 0.15) is 0 Å². The Labute approximate surface area is 118 Å². The third-order valence-electron chi connectivity index (χ3n) is 2.20. The summed E-state index contributed by atoms with van der Waals surface area (Å²) in [6.45, 7) is 0.0632.